The van der Waals surface area contributed by atoms with Gasteiger partial charge in [-0.05, 0) is 49.4 Å². The van der Waals surface area contributed by atoms with Crippen LogP contribution < -0.4 is 5.73 Å². The first kappa shape index (κ1) is 5.59. The van der Waals surface area contributed by atoms with Crippen molar-refractivity contribution < 1.29 is 0 Å². The van der Waals surface area contributed by atoms with Crippen molar-refractivity contribution in [2.75, 3.05) is 0 Å². The molecular weight excluding hydrogens is 122 g/mol. The zero-order valence-electron chi connectivity index (χ0n) is 6.34. The summed E-state index contributed by atoms with van der Waals surface area (Å²) in [5.41, 5.74) is 6.73. The Morgan fingerprint density at radius 2 is 1.70 bits per heavy atom. The second-order valence-corrected chi connectivity index (χ2v) is 4.52. The normalized spacial score (nSPS) is 63.9. The number of nitrogens with two attached hydrogens (primary N) is 1. The minimum atomic E-state index is 0.547. The van der Waals surface area contributed by atoms with Crippen LogP contribution in [0.25, 0.3) is 0 Å². The molecule has 3 saturated carbocycles. The van der Waals surface area contributed by atoms with Crippen LogP contribution in [0.1, 0.15) is 32.1 Å². The van der Waals surface area contributed by atoms with E-state index in [1.807, 2.05) is 0 Å². The minimum Gasteiger partial charge on any atom is -0.328 e. The fraction of sp³-hybridized carbons (Fsp3) is 1.00. The molecule has 0 saturated heterocycles. The molecule has 0 bridgehead atoms. The fourth-order valence-electron chi connectivity index (χ4n) is 3.09. The lowest BCUT2D eigenvalue weighted by molar-refractivity contribution is 0.231. The van der Waals surface area contributed by atoms with Crippen molar-refractivity contribution in [3.63, 3.8) is 0 Å². The number of hydrogen-bond acceptors (Lipinski definition) is 1. The molecule has 0 aliphatic heterocycles. The van der Waals surface area contributed by atoms with Crippen LogP contribution in [0.2, 0.25) is 0 Å². The standard InChI is InChI=1S/C9H15N/c10-6-1-3-9(4-2-6)7-5-8(7)9/h6-8H,1-5,10H2. The number of rotatable bonds is 0. The van der Waals surface area contributed by atoms with E-state index in [0.29, 0.717) is 6.04 Å². The molecule has 0 heterocycles. The molecule has 10 heavy (non-hydrogen) atoms. The van der Waals surface area contributed by atoms with Gasteiger partial charge in [0.2, 0.25) is 0 Å². The van der Waals surface area contributed by atoms with Crippen molar-refractivity contribution in [2.24, 2.45) is 23.0 Å². The molecule has 0 radical (unpaired) electrons. The molecule has 2 unspecified atom stereocenters. The highest BCUT2D eigenvalue weighted by atomic mass is 14.8. The van der Waals surface area contributed by atoms with Gasteiger partial charge in [0.1, 0.15) is 0 Å². The molecule has 3 rings (SSSR count). The van der Waals surface area contributed by atoms with Gasteiger partial charge in [-0.25, -0.2) is 0 Å². The van der Waals surface area contributed by atoms with Crippen LogP contribution in [0.5, 0.6) is 0 Å². The monoisotopic (exact) mass is 137 g/mol. The Labute approximate surface area is 62.0 Å². The van der Waals surface area contributed by atoms with Crippen LogP contribution in [-0.4, -0.2) is 6.04 Å². The average molecular weight is 137 g/mol. The minimum absolute atomic E-state index is 0.547. The van der Waals surface area contributed by atoms with Crippen LogP contribution in [0, 0.1) is 17.3 Å². The summed E-state index contributed by atoms with van der Waals surface area (Å²) in [4.78, 5) is 0. The predicted molar refractivity (Wildman–Crippen MR) is 40.5 cm³/mol. The third-order valence-electron chi connectivity index (χ3n) is 4.12. The second kappa shape index (κ2) is 1.42. The van der Waals surface area contributed by atoms with Gasteiger partial charge in [-0.3, -0.25) is 0 Å². The lowest BCUT2D eigenvalue weighted by Gasteiger charge is -2.30. The number of hydrogen-bond donors (Lipinski definition) is 1. The van der Waals surface area contributed by atoms with Crippen LogP contribution in [0.15, 0.2) is 0 Å². The van der Waals surface area contributed by atoms with Gasteiger partial charge in [-0.1, -0.05) is 0 Å². The van der Waals surface area contributed by atoms with Crippen LogP contribution in [0.4, 0.5) is 0 Å². The Hall–Kier alpha value is -0.0400. The quantitative estimate of drug-likeness (QED) is 0.538. The van der Waals surface area contributed by atoms with Gasteiger partial charge in [-0.15, -0.1) is 0 Å². The van der Waals surface area contributed by atoms with E-state index in [1.54, 1.807) is 6.42 Å². The third kappa shape index (κ3) is 0.493. The first-order chi connectivity index (χ1) is 4.83. The highest BCUT2D eigenvalue weighted by Crippen LogP contribution is 2.82. The van der Waals surface area contributed by atoms with Crippen molar-refractivity contribution in [3.05, 3.63) is 0 Å². The van der Waals surface area contributed by atoms with E-state index >= 15 is 0 Å². The van der Waals surface area contributed by atoms with Gasteiger partial charge >= 0.3 is 0 Å². The van der Waals surface area contributed by atoms with E-state index in [9.17, 15) is 0 Å². The second-order valence-electron chi connectivity index (χ2n) is 4.52. The Balaban J connectivity index is 1.70. The van der Waals surface area contributed by atoms with Crippen molar-refractivity contribution in [1.29, 1.82) is 0 Å². The van der Waals surface area contributed by atoms with Crippen molar-refractivity contribution >= 4 is 0 Å². The lowest BCUT2D eigenvalue weighted by atomic mass is 9.77. The topological polar surface area (TPSA) is 26.0 Å². The largest absolute Gasteiger partial charge is 0.328 e. The summed E-state index contributed by atoms with van der Waals surface area (Å²) in [6.07, 6.45) is 7.11. The molecule has 0 amide bonds. The smallest absolute Gasteiger partial charge is 0.00392 e. The molecule has 2 atom stereocenters. The maximum Gasteiger partial charge on any atom is 0.00392 e. The lowest BCUT2D eigenvalue weighted by Crippen LogP contribution is -2.30. The Morgan fingerprint density at radius 3 is 2.10 bits per heavy atom. The molecule has 3 fully saturated rings. The van der Waals surface area contributed by atoms with Gasteiger partial charge < -0.3 is 5.73 Å². The maximum atomic E-state index is 5.84. The summed E-state index contributed by atoms with van der Waals surface area (Å²) < 4.78 is 0. The van der Waals surface area contributed by atoms with Crippen LogP contribution in [0.3, 0.4) is 0 Å². The molecule has 56 valence electrons. The fourth-order valence-corrected chi connectivity index (χ4v) is 3.09. The summed E-state index contributed by atoms with van der Waals surface area (Å²) in [6, 6.07) is 0.547. The van der Waals surface area contributed by atoms with Crippen LogP contribution >= 0.6 is 0 Å². The van der Waals surface area contributed by atoms with Gasteiger partial charge in [0.05, 0.1) is 0 Å². The van der Waals surface area contributed by atoms with E-state index < -0.39 is 0 Å². The molecule has 0 aromatic heterocycles. The first-order valence-corrected chi connectivity index (χ1v) is 4.58. The highest BCUT2D eigenvalue weighted by molar-refractivity contribution is 5.23. The van der Waals surface area contributed by atoms with Gasteiger partial charge in [0.15, 0.2) is 0 Å². The zero-order valence-corrected chi connectivity index (χ0v) is 6.34. The van der Waals surface area contributed by atoms with E-state index in [0.717, 1.165) is 5.41 Å². The highest BCUT2D eigenvalue weighted by Gasteiger charge is 2.75. The first-order valence-electron chi connectivity index (χ1n) is 4.58. The molecule has 0 aromatic carbocycles. The molecule has 1 heteroatoms. The van der Waals surface area contributed by atoms with Crippen LogP contribution in [-0.2, 0) is 0 Å². The Bertz CT molecular complexity index is 158. The third-order valence-corrected chi connectivity index (χ3v) is 4.12. The summed E-state index contributed by atoms with van der Waals surface area (Å²) in [5.74, 6) is 2.36. The predicted octanol–water partition coefficient (Wildman–Crippen LogP) is 1.52. The van der Waals surface area contributed by atoms with E-state index in [1.165, 1.54) is 37.5 Å². The van der Waals surface area contributed by atoms with Crippen molar-refractivity contribution in [1.82, 2.24) is 0 Å². The summed E-state index contributed by atoms with van der Waals surface area (Å²) in [6.45, 7) is 0. The Kier molecular flexibility index (Phi) is 0.797. The molecular formula is C9H15N. The van der Waals surface area contributed by atoms with E-state index in [4.69, 9.17) is 5.73 Å². The van der Waals surface area contributed by atoms with Gasteiger partial charge in [0.25, 0.3) is 0 Å². The summed E-state index contributed by atoms with van der Waals surface area (Å²) in [5, 5.41) is 0. The van der Waals surface area contributed by atoms with E-state index in [2.05, 4.69) is 0 Å². The molecule has 0 aromatic rings. The van der Waals surface area contributed by atoms with E-state index in [-0.39, 0.29) is 0 Å². The zero-order chi connectivity index (χ0) is 6.77. The molecule has 3 aliphatic rings. The van der Waals surface area contributed by atoms with Gasteiger partial charge in [-0.2, -0.15) is 0 Å². The average Bonchev–Trinajstić information content (AvgIpc) is 2.75. The molecule has 3 aliphatic carbocycles. The van der Waals surface area contributed by atoms with Crippen molar-refractivity contribution in [3.8, 4) is 0 Å². The molecule has 2 N–H and O–H groups in total. The molecule has 1 spiro atoms. The summed E-state index contributed by atoms with van der Waals surface area (Å²) in [7, 11) is 0. The van der Waals surface area contributed by atoms with Crippen molar-refractivity contribution in [2.45, 2.75) is 38.1 Å². The number of fused-ring (bicyclic) bond motifs is 3. The maximum absolute atomic E-state index is 5.84. The summed E-state index contributed by atoms with van der Waals surface area (Å²) >= 11 is 0. The SMILES string of the molecule is NC1CCC2(CC1)C1CC12. The van der Waals surface area contributed by atoms with Gasteiger partial charge in [0, 0.05) is 6.04 Å². The Morgan fingerprint density at radius 1 is 1.10 bits per heavy atom. The molecule has 1 nitrogen and oxygen atoms in total.